The molecule has 1 unspecified atom stereocenters. The molecular weight excluding hydrogens is 370 g/mol. The molecule has 5 rings (SSSR count). The van der Waals surface area contributed by atoms with Gasteiger partial charge in [0.05, 0.1) is 16.7 Å². The lowest BCUT2D eigenvalue weighted by molar-refractivity contribution is 0.0940. The number of aromatic nitrogens is 3. The summed E-state index contributed by atoms with van der Waals surface area (Å²) in [5, 5.41) is 7.63. The lowest BCUT2D eigenvalue weighted by Crippen LogP contribution is -2.34. The molecule has 0 saturated carbocycles. The fraction of sp³-hybridized carbons (Fsp3) is 0.333. The van der Waals surface area contributed by atoms with E-state index in [1.807, 2.05) is 30.3 Å². The van der Waals surface area contributed by atoms with Gasteiger partial charge < -0.3 is 10.6 Å². The molecule has 7 heteroatoms. The molecule has 1 amide bonds. The minimum Gasteiger partial charge on any atom is -0.361 e. The number of fused-ring (bicyclic) bond motifs is 2. The van der Waals surface area contributed by atoms with Crippen molar-refractivity contribution in [3.63, 3.8) is 0 Å². The van der Waals surface area contributed by atoms with E-state index in [4.69, 9.17) is 9.97 Å². The Bertz CT molecular complexity index is 1050. The van der Waals surface area contributed by atoms with Crippen molar-refractivity contribution in [3.05, 3.63) is 57.2 Å². The zero-order chi connectivity index (χ0) is 19.1. The molecule has 28 heavy (non-hydrogen) atoms. The van der Waals surface area contributed by atoms with Gasteiger partial charge in [0.2, 0.25) is 0 Å². The Hall–Kier alpha value is -2.80. The predicted molar refractivity (Wildman–Crippen MR) is 110 cm³/mol. The molecule has 1 atom stereocenters. The minimum absolute atomic E-state index is 0.126. The number of rotatable bonds is 3. The molecule has 0 bridgehead atoms. The van der Waals surface area contributed by atoms with Crippen LogP contribution >= 0.6 is 11.3 Å². The predicted octanol–water partition coefficient (Wildman–Crippen LogP) is 3.68. The molecule has 3 aromatic rings. The van der Waals surface area contributed by atoms with E-state index in [-0.39, 0.29) is 11.9 Å². The molecule has 2 N–H and O–H groups in total. The summed E-state index contributed by atoms with van der Waals surface area (Å²) in [5.41, 5.74) is 3.43. The summed E-state index contributed by atoms with van der Waals surface area (Å²) < 4.78 is 0. The van der Waals surface area contributed by atoms with Crippen molar-refractivity contribution in [2.45, 2.75) is 38.6 Å². The molecule has 142 valence electrons. The zero-order valence-corrected chi connectivity index (χ0v) is 16.5. The summed E-state index contributed by atoms with van der Waals surface area (Å²) in [6, 6.07) is 9.93. The molecule has 2 aromatic heterocycles. The maximum Gasteiger partial charge on any atom is 0.270 e. The van der Waals surface area contributed by atoms with Crippen LogP contribution in [0.25, 0.3) is 11.4 Å². The number of amides is 1. The number of nitrogens with zero attached hydrogens (tertiary/aromatic N) is 3. The minimum atomic E-state index is -0.127. The summed E-state index contributed by atoms with van der Waals surface area (Å²) in [7, 11) is 0. The van der Waals surface area contributed by atoms with Crippen LogP contribution in [0.5, 0.6) is 0 Å². The Balaban J connectivity index is 1.59. The number of benzene rings is 1. The summed E-state index contributed by atoms with van der Waals surface area (Å²) in [5.74, 6) is 1.21. The van der Waals surface area contributed by atoms with Crippen LogP contribution in [0.4, 0.5) is 5.82 Å². The van der Waals surface area contributed by atoms with Gasteiger partial charge in [-0.15, -0.1) is 11.3 Å². The van der Waals surface area contributed by atoms with Gasteiger partial charge in [0.1, 0.15) is 11.5 Å². The number of hydrogen-bond acceptors (Lipinski definition) is 6. The molecule has 3 heterocycles. The third-order valence-corrected chi connectivity index (χ3v) is 6.33. The summed E-state index contributed by atoms with van der Waals surface area (Å²) in [6.07, 6.45) is 3.97. The molecule has 6 nitrogen and oxygen atoms in total. The monoisotopic (exact) mass is 391 g/mol. The van der Waals surface area contributed by atoms with Gasteiger partial charge in [0.25, 0.3) is 5.91 Å². The van der Waals surface area contributed by atoms with Crippen molar-refractivity contribution in [2.24, 2.45) is 0 Å². The van der Waals surface area contributed by atoms with Crippen molar-refractivity contribution in [1.29, 1.82) is 0 Å². The van der Waals surface area contributed by atoms with Crippen molar-refractivity contribution in [3.8, 4) is 11.4 Å². The van der Waals surface area contributed by atoms with E-state index in [0.717, 1.165) is 53.3 Å². The maximum absolute atomic E-state index is 12.5. The number of anilines is 1. The van der Waals surface area contributed by atoms with Crippen LogP contribution in [0.2, 0.25) is 0 Å². The Labute approximate surface area is 167 Å². The Morgan fingerprint density at radius 3 is 2.86 bits per heavy atom. The number of hydrogen-bond donors (Lipinski definition) is 2. The average Bonchev–Trinajstić information content (AvgIpc) is 3.10. The summed E-state index contributed by atoms with van der Waals surface area (Å²) >= 11 is 1.79. The van der Waals surface area contributed by atoms with E-state index in [1.54, 1.807) is 11.3 Å². The lowest BCUT2D eigenvalue weighted by Gasteiger charge is -2.26. The number of aryl methyl sites for hydroxylation is 2. The van der Waals surface area contributed by atoms with Crippen LogP contribution in [0.1, 0.15) is 50.5 Å². The number of carbonyl (C=O) groups excluding carboxylic acids is 1. The van der Waals surface area contributed by atoms with Gasteiger partial charge in [-0.2, -0.15) is 0 Å². The van der Waals surface area contributed by atoms with E-state index in [9.17, 15) is 4.79 Å². The molecule has 0 fully saturated rings. The van der Waals surface area contributed by atoms with Crippen LogP contribution in [0.15, 0.2) is 30.3 Å². The van der Waals surface area contributed by atoms with Gasteiger partial charge in [-0.05, 0) is 32.6 Å². The van der Waals surface area contributed by atoms with Crippen LogP contribution < -0.4 is 10.6 Å². The van der Waals surface area contributed by atoms with Crippen LogP contribution in [-0.2, 0) is 12.8 Å². The van der Waals surface area contributed by atoms with Crippen LogP contribution in [-0.4, -0.2) is 27.4 Å². The smallest absolute Gasteiger partial charge is 0.270 e. The molecule has 0 saturated heterocycles. The molecule has 1 aliphatic heterocycles. The molecular formula is C21H21N5OS. The second-order valence-corrected chi connectivity index (χ2v) is 8.51. The fourth-order valence-electron chi connectivity index (χ4n) is 3.97. The number of nitrogens with one attached hydrogen (secondary N) is 2. The van der Waals surface area contributed by atoms with Gasteiger partial charge >= 0.3 is 0 Å². The third kappa shape index (κ3) is 3.05. The molecule has 1 aromatic carbocycles. The van der Waals surface area contributed by atoms with Crippen molar-refractivity contribution < 1.29 is 4.79 Å². The number of thiazole rings is 1. The van der Waals surface area contributed by atoms with E-state index in [2.05, 4.69) is 22.5 Å². The first-order valence-electron chi connectivity index (χ1n) is 9.66. The molecule has 0 spiro atoms. The first-order chi connectivity index (χ1) is 13.7. The molecule has 2 aliphatic rings. The van der Waals surface area contributed by atoms with Crippen molar-refractivity contribution in [2.75, 3.05) is 11.9 Å². The SMILES string of the molecule is Cc1nc2c(s1)CCCC2Nc1nc(-c2ccccc2)nc2c1CCNC2=O. The standard InChI is InChI=1S/C21H21N5OS/c1-12-23-18-15(8-5-9-16(18)28-12)24-20-14-10-11-22-21(27)17(14)25-19(26-20)13-6-3-2-4-7-13/h2-4,6-7,15H,5,8-11H2,1H3,(H,22,27)(H,24,25,26). The normalized spacial score (nSPS) is 18.2. The zero-order valence-electron chi connectivity index (χ0n) is 15.7. The van der Waals surface area contributed by atoms with Crippen molar-refractivity contribution in [1.82, 2.24) is 20.3 Å². The summed E-state index contributed by atoms with van der Waals surface area (Å²) in [6.45, 7) is 2.67. The average molecular weight is 392 g/mol. The highest BCUT2D eigenvalue weighted by atomic mass is 32.1. The third-order valence-electron chi connectivity index (χ3n) is 5.29. The highest BCUT2D eigenvalue weighted by Gasteiger charge is 2.28. The van der Waals surface area contributed by atoms with Crippen LogP contribution in [0.3, 0.4) is 0 Å². The first kappa shape index (κ1) is 17.3. The lowest BCUT2D eigenvalue weighted by atomic mass is 9.97. The first-order valence-corrected chi connectivity index (χ1v) is 10.5. The Kier molecular flexibility index (Phi) is 4.31. The van der Waals surface area contributed by atoms with E-state index in [0.29, 0.717) is 18.1 Å². The Morgan fingerprint density at radius 1 is 1.14 bits per heavy atom. The second kappa shape index (κ2) is 6.98. The molecule has 1 aliphatic carbocycles. The van der Waals surface area contributed by atoms with Gasteiger partial charge in [-0.1, -0.05) is 30.3 Å². The molecule has 0 radical (unpaired) electrons. The van der Waals surface area contributed by atoms with E-state index >= 15 is 0 Å². The highest BCUT2D eigenvalue weighted by Crippen LogP contribution is 2.36. The quantitative estimate of drug-likeness (QED) is 0.712. The van der Waals surface area contributed by atoms with Gasteiger partial charge in [-0.3, -0.25) is 4.79 Å². The Morgan fingerprint density at radius 2 is 2.00 bits per heavy atom. The number of carbonyl (C=O) groups is 1. The summed E-state index contributed by atoms with van der Waals surface area (Å²) in [4.78, 5) is 28.0. The second-order valence-electron chi connectivity index (χ2n) is 7.23. The fourth-order valence-corrected chi connectivity index (χ4v) is 5.01. The highest BCUT2D eigenvalue weighted by molar-refractivity contribution is 7.11. The largest absolute Gasteiger partial charge is 0.361 e. The van der Waals surface area contributed by atoms with Gasteiger partial charge in [0.15, 0.2) is 5.82 Å². The van der Waals surface area contributed by atoms with Crippen LogP contribution in [0, 0.1) is 6.92 Å². The van der Waals surface area contributed by atoms with Gasteiger partial charge in [-0.25, -0.2) is 15.0 Å². The van der Waals surface area contributed by atoms with Gasteiger partial charge in [0, 0.05) is 22.5 Å². The van der Waals surface area contributed by atoms with E-state index in [1.165, 1.54) is 4.88 Å². The van der Waals surface area contributed by atoms with E-state index < -0.39 is 0 Å². The van der Waals surface area contributed by atoms with Crippen molar-refractivity contribution >= 4 is 23.1 Å². The maximum atomic E-state index is 12.5. The topological polar surface area (TPSA) is 79.8 Å².